The quantitative estimate of drug-likeness (QED) is 0.846. The summed E-state index contributed by atoms with van der Waals surface area (Å²) in [5.41, 5.74) is 1.60. The molecule has 2 heterocycles. The number of aromatic nitrogens is 2. The fourth-order valence-electron chi connectivity index (χ4n) is 2.79. The third-order valence-corrected chi connectivity index (χ3v) is 4.31. The number of carbonyl (C=O) groups excluding carboxylic acids is 1. The Morgan fingerprint density at radius 1 is 1.55 bits per heavy atom. The van der Waals surface area contributed by atoms with Crippen molar-refractivity contribution in [2.45, 2.75) is 46.2 Å². The van der Waals surface area contributed by atoms with E-state index < -0.39 is 0 Å². The third-order valence-electron chi connectivity index (χ3n) is 3.91. The molecule has 0 spiro atoms. The van der Waals surface area contributed by atoms with Gasteiger partial charge in [-0.1, -0.05) is 25.4 Å². The first-order chi connectivity index (χ1) is 10.4. The monoisotopic (exact) mass is 325 g/mol. The molecule has 5 nitrogen and oxygen atoms in total. The zero-order valence-corrected chi connectivity index (χ0v) is 14.2. The van der Waals surface area contributed by atoms with Crippen molar-refractivity contribution in [3.05, 3.63) is 22.5 Å². The number of likely N-dealkylation sites (tertiary alicyclic amines) is 1. The van der Waals surface area contributed by atoms with Crippen molar-refractivity contribution in [2.24, 2.45) is 5.92 Å². The van der Waals surface area contributed by atoms with Gasteiger partial charge in [0.1, 0.15) is 5.15 Å². The predicted octanol–water partition coefficient (Wildman–Crippen LogP) is 2.50. The summed E-state index contributed by atoms with van der Waals surface area (Å²) in [6.07, 6.45) is 5.07. The van der Waals surface area contributed by atoms with Gasteiger partial charge >= 0.3 is 0 Å². The van der Waals surface area contributed by atoms with Gasteiger partial charge in [-0.15, -0.1) is 0 Å². The molecule has 0 aliphatic carbocycles. The van der Waals surface area contributed by atoms with E-state index >= 15 is 0 Å². The van der Waals surface area contributed by atoms with Crippen LogP contribution in [0.4, 0.5) is 0 Å². The Morgan fingerprint density at radius 3 is 2.91 bits per heavy atom. The summed E-state index contributed by atoms with van der Waals surface area (Å²) in [6.45, 7) is 7.57. The zero-order chi connectivity index (χ0) is 16.3. The van der Waals surface area contributed by atoms with Crippen molar-refractivity contribution in [3.8, 4) is 0 Å². The molecule has 2 rings (SSSR count). The first kappa shape index (κ1) is 17.0. The summed E-state index contributed by atoms with van der Waals surface area (Å²) >= 11 is 6.36. The number of hydrogen-bond donors (Lipinski definition) is 1. The van der Waals surface area contributed by atoms with Gasteiger partial charge in [-0.2, -0.15) is 5.10 Å². The van der Waals surface area contributed by atoms with Crippen LogP contribution in [0.3, 0.4) is 0 Å². The van der Waals surface area contributed by atoms with Crippen LogP contribution in [-0.4, -0.2) is 44.9 Å². The summed E-state index contributed by atoms with van der Waals surface area (Å²) < 4.78 is 1.78. The largest absolute Gasteiger partial charge is 0.394 e. The lowest BCUT2D eigenvalue weighted by molar-refractivity contribution is -0.127. The lowest BCUT2D eigenvalue weighted by atomic mass is 10.2. The van der Waals surface area contributed by atoms with Crippen molar-refractivity contribution in [2.75, 3.05) is 13.2 Å². The maximum atomic E-state index is 12.3. The minimum Gasteiger partial charge on any atom is -0.394 e. The molecule has 6 heteroatoms. The van der Waals surface area contributed by atoms with Crippen molar-refractivity contribution in [3.63, 3.8) is 0 Å². The van der Waals surface area contributed by atoms with Crippen LogP contribution in [0.1, 0.15) is 37.9 Å². The first-order valence-corrected chi connectivity index (χ1v) is 8.14. The number of rotatable bonds is 5. The van der Waals surface area contributed by atoms with Crippen LogP contribution in [0.25, 0.3) is 6.08 Å². The number of amides is 1. The van der Waals surface area contributed by atoms with Gasteiger partial charge < -0.3 is 10.0 Å². The summed E-state index contributed by atoms with van der Waals surface area (Å²) in [6, 6.07) is -0.0580. The van der Waals surface area contributed by atoms with Crippen LogP contribution in [0.5, 0.6) is 0 Å². The summed E-state index contributed by atoms with van der Waals surface area (Å²) in [7, 11) is 0. The molecular formula is C16H24ClN3O2. The molecule has 1 fully saturated rings. The normalized spacial score (nSPS) is 18.8. The van der Waals surface area contributed by atoms with E-state index in [0.29, 0.717) is 17.6 Å². The lowest BCUT2D eigenvalue weighted by Crippen LogP contribution is -2.36. The average Bonchev–Trinajstić information content (AvgIpc) is 3.02. The Labute approximate surface area is 136 Å². The fourth-order valence-corrected chi connectivity index (χ4v) is 3.10. The number of aliphatic hydroxyl groups excluding tert-OH is 1. The summed E-state index contributed by atoms with van der Waals surface area (Å²) in [5.74, 6) is 0.369. The minimum absolute atomic E-state index is 0.0195. The molecule has 1 aliphatic heterocycles. The smallest absolute Gasteiger partial charge is 0.246 e. The fraction of sp³-hybridized carbons (Fsp3) is 0.625. The molecule has 0 radical (unpaired) electrons. The van der Waals surface area contributed by atoms with E-state index in [1.54, 1.807) is 15.7 Å². The molecule has 1 aliphatic rings. The minimum atomic E-state index is -0.0800. The molecule has 0 aromatic carbocycles. The Hall–Kier alpha value is -1.33. The van der Waals surface area contributed by atoms with E-state index in [9.17, 15) is 9.90 Å². The SMILES string of the molecule is Cc1nn(CC(C)C)c(Cl)c1/C=C/C(=O)N1CCC[C@@H]1CO. The second-order valence-electron chi connectivity index (χ2n) is 6.21. The van der Waals surface area contributed by atoms with E-state index in [2.05, 4.69) is 18.9 Å². The molecule has 1 atom stereocenters. The number of aliphatic hydroxyl groups is 1. The third kappa shape index (κ3) is 3.70. The van der Waals surface area contributed by atoms with Crippen LogP contribution >= 0.6 is 11.6 Å². The molecule has 1 aromatic heterocycles. The summed E-state index contributed by atoms with van der Waals surface area (Å²) in [4.78, 5) is 14.0. The standard InChI is InChI=1S/C16H24ClN3O2/c1-11(2)9-20-16(17)14(12(3)18-20)6-7-15(22)19-8-4-5-13(19)10-21/h6-7,11,13,21H,4-5,8-10H2,1-3H3/b7-6+/t13-/m1/s1. The van der Waals surface area contributed by atoms with E-state index in [0.717, 1.165) is 30.6 Å². The lowest BCUT2D eigenvalue weighted by Gasteiger charge is -2.21. The molecule has 1 amide bonds. The van der Waals surface area contributed by atoms with Crippen molar-refractivity contribution < 1.29 is 9.90 Å². The Bertz CT molecular complexity index is 566. The van der Waals surface area contributed by atoms with Gasteiger partial charge in [-0.3, -0.25) is 9.48 Å². The van der Waals surface area contributed by atoms with Crippen LogP contribution in [-0.2, 0) is 11.3 Å². The van der Waals surface area contributed by atoms with Gasteiger partial charge in [0, 0.05) is 24.7 Å². The van der Waals surface area contributed by atoms with E-state index in [1.165, 1.54) is 6.08 Å². The van der Waals surface area contributed by atoms with Crippen LogP contribution in [0.2, 0.25) is 5.15 Å². The average molecular weight is 326 g/mol. The molecule has 122 valence electrons. The maximum absolute atomic E-state index is 12.3. The Morgan fingerprint density at radius 2 is 2.27 bits per heavy atom. The first-order valence-electron chi connectivity index (χ1n) is 7.76. The van der Waals surface area contributed by atoms with Crippen molar-refractivity contribution in [1.82, 2.24) is 14.7 Å². The second-order valence-corrected chi connectivity index (χ2v) is 6.57. The number of aryl methyl sites for hydroxylation is 1. The number of nitrogens with zero attached hydrogens (tertiary/aromatic N) is 3. The number of carbonyl (C=O) groups is 1. The molecular weight excluding hydrogens is 302 g/mol. The highest BCUT2D eigenvalue weighted by Gasteiger charge is 2.26. The van der Waals surface area contributed by atoms with Crippen LogP contribution in [0.15, 0.2) is 6.08 Å². The van der Waals surface area contributed by atoms with Gasteiger partial charge in [0.2, 0.25) is 5.91 Å². The van der Waals surface area contributed by atoms with Gasteiger partial charge in [0.25, 0.3) is 0 Å². The highest BCUT2D eigenvalue weighted by atomic mass is 35.5. The highest BCUT2D eigenvalue weighted by Crippen LogP contribution is 2.23. The number of hydrogen-bond acceptors (Lipinski definition) is 3. The predicted molar refractivity (Wildman–Crippen MR) is 87.7 cm³/mol. The molecule has 0 bridgehead atoms. The molecule has 0 saturated carbocycles. The van der Waals surface area contributed by atoms with E-state index in [-0.39, 0.29) is 18.6 Å². The van der Waals surface area contributed by atoms with Gasteiger partial charge in [0.15, 0.2) is 0 Å². The summed E-state index contributed by atoms with van der Waals surface area (Å²) in [5, 5.41) is 14.3. The zero-order valence-electron chi connectivity index (χ0n) is 13.4. The van der Waals surface area contributed by atoms with Gasteiger partial charge in [-0.05, 0) is 31.8 Å². The number of halogens is 1. The molecule has 1 saturated heterocycles. The van der Waals surface area contributed by atoms with Gasteiger partial charge in [-0.25, -0.2) is 0 Å². The Kier molecular flexibility index (Phi) is 5.64. The van der Waals surface area contributed by atoms with Crippen molar-refractivity contribution in [1.29, 1.82) is 0 Å². The van der Waals surface area contributed by atoms with Crippen LogP contribution < -0.4 is 0 Å². The topological polar surface area (TPSA) is 58.4 Å². The maximum Gasteiger partial charge on any atom is 0.246 e. The van der Waals surface area contributed by atoms with Crippen molar-refractivity contribution >= 4 is 23.6 Å². The molecule has 1 aromatic rings. The van der Waals surface area contributed by atoms with E-state index in [4.69, 9.17) is 11.6 Å². The second kappa shape index (κ2) is 7.29. The van der Waals surface area contributed by atoms with Gasteiger partial charge in [0.05, 0.1) is 18.3 Å². The van der Waals surface area contributed by atoms with Crippen LogP contribution in [0, 0.1) is 12.8 Å². The Balaban J connectivity index is 2.13. The van der Waals surface area contributed by atoms with E-state index in [1.807, 2.05) is 6.92 Å². The molecule has 22 heavy (non-hydrogen) atoms. The highest BCUT2D eigenvalue weighted by molar-refractivity contribution is 6.31. The molecule has 1 N–H and O–H groups in total. The molecule has 0 unspecified atom stereocenters.